The molecule has 20 nitrogen and oxygen atoms in total. The van der Waals surface area contributed by atoms with Crippen molar-refractivity contribution in [3.63, 3.8) is 0 Å². The summed E-state index contributed by atoms with van der Waals surface area (Å²) in [4.78, 5) is 20.9. The fourth-order valence-electron chi connectivity index (χ4n) is 4.24. The third kappa shape index (κ3) is 8.93. The maximum atomic E-state index is 12.4. The molecular weight excluding hydrogens is 727 g/mol. The predicted octanol–water partition coefficient (Wildman–Crippen LogP) is 4.00. The van der Waals surface area contributed by atoms with E-state index in [-0.39, 0.29) is 18.6 Å². The Morgan fingerprint density at radius 3 is 2.16 bits per heavy atom. The van der Waals surface area contributed by atoms with E-state index in [1.807, 2.05) is 6.92 Å². The third-order valence-corrected chi connectivity index (χ3v) is 9.24. The van der Waals surface area contributed by atoms with Gasteiger partial charge in [-0.05, 0) is 61.5 Å². The molecule has 0 bridgehead atoms. The number of hydrogen-bond acceptors (Lipinski definition) is 16. The molecule has 0 aliphatic heterocycles. The number of phenolic OH excluding ortho intramolecular Hbond substituents is 1. The lowest BCUT2D eigenvalue weighted by Gasteiger charge is -2.16. The zero-order valence-electron chi connectivity index (χ0n) is 26.1. The van der Waals surface area contributed by atoms with Gasteiger partial charge in [0, 0.05) is 5.39 Å². The summed E-state index contributed by atoms with van der Waals surface area (Å²) in [6.45, 7) is 4.83. The number of nitrogens with zero attached hydrogens (tertiary/aromatic N) is 5. The molecule has 0 saturated heterocycles. The molecule has 1 heterocycles. The van der Waals surface area contributed by atoms with E-state index in [1.54, 1.807) is 0 Å². The average molecular weight is 756 g/mol. The van der Waals surface area contributed by atoms with Crippen molar-refractivity contribution in [3.8, 4) is 11.8 Å². The third-order valence-electron chi connectivity index (χ3n) is 6.66. The molecule has 1 aromatic heterocycles. The number of aromatic nitrogens is 3. The normalized spacial score (nSPS) is 13.0. The monoisotopic (exact) mass is 755 g/mol. The Balaban J connectivity index is 2.00. The van der Waals surface area contributed by atoms with Crippen molar-refractivity contribution in [2.45, 2.75) is 54.3 Å². The van der Waals surface area contributed by atoms with Crippen LogP contribution in [0.15, 0.2) is 61.3 Å². The van der Waals surface area contributed by atoms with Crippen LogP contribution in [0.5, 0.6) is 11.8 Å². The number of ether oxygens (including phenoxy) is 1. The van der Waals surface area contributed by atoms with Crippen molar-refractivity contribution in [2.24, 2.45) is 10.2 Å². The first kappa shape index (κ1) is 37.7. The number of aromatic hydroxyl groups is 1. The van der Waals surface area contributed by atoms with Crippen molar-refractivity contribution in [1.29, 1.82) is 0 Å². The molecule has 268 valence electrons. The number of carboxylic acids is 1. The van der Waals surface area contributed by atoms with Crippen molar-refractivity contribution in [1.82, 2.24) is 15.0 Å². The Kier molecular flexibility index (Phi) is 10.9. The van der Waals surface area contributed by atoms with Gasteiger partial charge in [0.05, 0.1) is 17.2 Å². The molecular formula is C27H29N7O13S3. The lowest BCUT2D eigenvalue weighted by Crippen LogP contribution is -2.26. The van der Waals surface area contributed by atoms with Gasteiger partial charge in [0.1, 0.15) is 27.2 Å². The number of nitrogens with one attached hydrogen (secondary N) is 2. The molecule has 3 aromatic carbocycles. The molecule has 0 fully saturated rings. The molecule has 0 aliphatic rings. The standard InChI is InChI=1S/C27H29N7O13S3/c1-4-5-8-47-27-31-25(28-14(3)24(36)37)30-26(32-27)29-18-12-16(48(38,39)40)10-15-11-20(50(44,45)46)22(23(35)21(15)18)34-33-17-7-6-13(2)9-19(17)49(41,42)43/h6-7,9-12,14,35H,4-5,8H2,1-3H3,(H,36,37)(H,38,39,40)(H,41,42,43)(H,44,45,46)(H2,28,29,30,31,32). The molecule has 1 atom stereocenters. The fourth-order valence-corrected chi connectivity index (χ4v) is 6.15. The highest BCUT2D eigenvalue weighted by atomic mass is 32.2. The number of benzene rings is 3. The summed E-state index contributed by atoms with van der Waals surface area (Å²) in [5.74, 6) is -3.05. The van der Waals surface area contributed by atoms with E-state index in [0.717, 1.165) is 30.7 Å². The number of phenols is 1. The van der Waals surface area contributed by atoms with Gasteiger partial charge < -0.3 is 25.6 Å². The van der Waals surface area contributed by atoms with Crippen molar-refractivity contribution < 1.29 is 58.7 Å². The van der Waals surface area contributed by atoms with E-state index >= 15 is 0 Å². The van der Waals surface area contributed by atoms with Gasteiger partial charge in [-0.1, -0.05) is 19.4 Å². The molecule has 4 aromatic rings. The van der Waals surface area contributed by atoms with Gasteiger partial charge in [0.2, 0.25) is 11.9 Å². The summed E-state index contributed by atoms with van der Waals surface area (Å²) in [6, 6.07) is 4.30. The lowest BCUT2D eigenvalue weighted by molar-refractivity contribution is -0.137. The molecule has 23 heteroatoms. The Hall–Kier alpha value is -5.07. The van der Waals surface area contributed by atoms with Crippen LogP contribution in [-0.4, -0.2) is 82.7 Å². The summed E-state index contributed by atoms with van der Waals surface area (Å²) in [6.07, 6.45) is 1.32. The number of aliphatic carboxylic acids is 1. The number of rotatable bonds is 14. The molecule has 0 spiro atoms. The van der Waals surface area contributed by atoms with Crippen molar-refractivity contribution in [2.75, 3.05) is 17.2 Å². The van der Waals surface area contributed by atoms with E-state index in [1.165, 1.54) is 19.9 Å². The zero-order valence-corrected chi connectivity index (χ0v) is 28.6. The second kappa shape index (κ2) is 14.4. The number of carbonyl (C=O) groups is 1. The highest BCUT2D eigenvalue weighted by Gasteiger charge is 2.27. The number of azo groups is 1. The van der Waals surface area contributed by atoms with Crippen LogP contribution < -0.4 is 15.4 Å². The number of fused-ring (bicyclic) bond motifs is 1. The van der Waals surface area contributed by atoms with Crippen LogP contribution in [0, 0.1) is 6.92 Å². The fraction of sp³-hybridized carbons (Fsp3) is 0.259. The average Bonchev–Trinajstić information content (AvgIpc) is 2.99. The quantitative estimate of drug-likeness (QED) is 0.0543. The minimum Gasteiger partial charge on any atom is -0.505 e. The summed E-state index contributed by atoms with van der Waals surface area (Å²) in [5, 5.41) is 32.4. The Labute approximate surface area is 284 Å². The van der Waals surface area contributed by atoms with Gasteiger partial charge in [-0.25, -0.2) is 0 Å². The van der Waals surface area contributed by atoms with Gasteiger partial charge in [0.15, 0.2) is 5.75 Å². The van der Waals surface area contributed by atoms with Gasteiger partial charge in [-0.3, -0.25) is 18.5 Å². The Morgan fingerprint density at radius 2 is 1.56 bits per heavy atom. The first-order valence-electron chi connectivity index (χ1n) is 14.1. The zero-order chi connectivity index (χ0) is 37.2. The molecule has 0 aliphatic carbocycles. The highest BCUT2D eigenvalue weighted by molar-refractivity contribution is 7.86. The van der Waals surface area contributed by atoms with Gasteiger partial charge in [-0.2, -0.15) is 40.2 Å². The van der Waals surface area contributed by atoms with Crippen LogP contribution in [0.4, 0.5) is 29.0 Å². The SMILES string of the molecule is CCCCOc1nc(Nc2cc(S(=O)(=O)O)cc3cc(S(=O)(=O)O)c(N=Nc4ccc(C)cc4S(=O)(=O)O)c(O)c23)nc(NC(C)C(=O)O)n1. The Morgan fingerprint density at radius 1 is 0.900 bits per heavy atom. The smallest absolute Gasteiger partial charge is 0.325 e. The molecule has 0 radical (unpaired) electrons. The Bertz CT molecular complexity index is 2350. The maximum Gasteiger partial charge on any atom is 0.325 e. The van der Waals surface area contributed by atoms with E-state index in [2.05, 4.69) is 35.8 Å². The van der Waals surface area contributed by atoms with Crippen LogP contribution >= 0.6 is 0 Å². The topological polar surface area (TPSA) is 317 Å². The summed E-state index contributed by atoms with van der Waals surface area (Å²) in [7, 11) is -15.2. The summed E-state index contributed by atoms with van der Waals surface area (Å²) >= 11 is 0. The minimum atomic E-state index is -5.28. The van der Waals surface area contributed by atoms with E-state index in [4.69, 9.17) is 4.74 Å². The van der Waals surface area contributed by atoms with Crippen LogP contribution in [0.2, 0.25) is 0 Å². The largest absolute Gasteiger partial charge is 0.505 e. The first-order chi connectivity index (χ1) is 23.2. The van der Waals surface area contributed by atoms with E-state index in [0.29, 0.717) is 18.1 Å². The molecule has 0 saturated carbocycles. The number of hydrogen-bond donors (Lipinski definition) is 7. The second-order valence-corrected chi connectivity index (χ2v) is 14.7. The second-order valence-electron chi connectivity index (χ2n) is 10.5. The molecule has 0 amide bonds. The van der Waals surface area contributed by atoms with Gasteiger partial charge in [-0.15, -0.1) is 10.2 Å². The van der Waals surface area contributed by atoms with Crippen molar-refractivity contribution in [3.05, 3.63) is 42.0 Å². The van der Waals surface area contributed by atoms with E-state index in [9.17, 15) is 53.9 Å². The molecule has 50 heavy (non-hydrogen) atoms. The maximum absolute atomic E-state index is 12.4. The van der Waals surface area contributed by atoms with Crippen LogP contribution in [0.25, 0.3) is 10.8 Å². The number of carboxylic acid groups (broad SMARTS) is 1. The molecule has 1 unspecified atom stereocenters. The van der Waals surface area contributed by atoms with Crippen molar-refractivity contribution >= 4 is 76.1 Å². The van der Waals surface area contributed by atoms with Gasteiger partial charge in [0.25, 0.3) is 30.4 Å². The van der Waals surface area contributed by atoms with Gasteiger partial charge >= 0.3 is 12.0 Å². The van der Waals surface area contributed by atoms with Crippen LogP contribution in [0.3, 0.4) is 0 Å². The van der Waals surface area contributed by atoms with E-state index < -0.39 is 96.6 Å². The summed E-state index contributed by atoms with van der Waals surface area (Å²) in [5.41, 5.74) is -1.47. The van der Waals surface area contributed by atoms with Crippen LogP contribution in [-0.2, 0) is 35.1 Å². The first-order valence-corrected chi connectivity index (χ1v) is 18.4. The molecule has 7 N–H and O–H groups in total. The summed E-state index contributed by atoms with van der Waals surface area (Å²) < 4.78 is 108. The minimum absolute atomic E-state index is 0.142. The lowest BCUT2D eigenvalue weighted by atomic mass is 10.1. The number of unbranched alkanes of at least 4 members (excludes halogenated alkanes) is 1. The van der Waals surface area contributed by atoms with Crippen LogP contribution in [0.1, 0.15) is 32.3 Å². The highest BCUT2D eigenvalue weighted by Crippen LogP contribution is 2.46. The predicted molar refractivity (Wildman–Crippen MR) is 175 cm³/mol. The number of aryl methyl sites for hydroxylation is 1. The molecule has 4 rings (SSSR count). The number of anilines is 3.